The second-order valence-corrected chi connectivity index (χ2v) is 7.51. The van der Waals surface area contributed by atoms with Crippen LogP contribution in [0.25, 0.3) is 0 Å². The molecule has 1 aliphatic carbocycles. The van der Waals surface area contributed by atoms with Crippen molar-refractivity contribution in [3.63, 3.8) is 0 Å². The zero-order chi connectivity index (χ0) is 18.5. The minimum atomic E-state index is 0.543. The topological polar surface area (TPSA) is 70.1 Å². The van der Waals surface area contributed by atoms with E-state index in [1.165, 1.54) is 38.5 Å². The predicted octanol–water partition coefficient (Wildman–Crippen LogP) is 3.04. The molecule has 2 fully saturated rings. The lowest BCUT2D eigenvalue weighted by Crippen LogP contribution is -2.47. The highest BCUT2D eigenvalue weighted by Crippen LogP contribution is 2.23. The van der Waals surface area contributed by atoms with Crippen molar-refractivity contribution >= 4 is 17.6 Å². The third kappa shape index (κ3) is 4.64. The summed E-state index contributed by atoms with van der Waals surface area (Å²) >= 11 is 0. The molecule has 0 aromatic carbocycles. The van der Waals surface area contributed by atoms with Crippen LogP contribution in [0.1, 0.15) is 44.3 Å². The highest BCUT2D eigenvalue weighted by molar-refractivity contribution is 5.51. The first-order valence-electron chi connectivity index (χ1n) is 10.2. The summed E-state index contributed by atoms with van der Waals surface area (Å²) in [4.78, 5) is 22.6. The highest BCUT2D eigenvalue weighted by atomic mass is 15.3. The van der Waals surface area contributed by atoms with Gasteiger partial charge in [-0.2, -0.15) is 0 Å². The van der Waals surface area contributed by atoms with Gasteiger partial charge in [0.1, 0.15) is 17.5 Å². The number of rotatable bonds is 4. The van der Waals surface area contributed by atoms with Crippen molar-refractivity contribution in [1.29, 1.82) is 0 Å². The van der Waals surface area contributed by atoms with Crippen molar-refractivity contribution in [1.82, 2.24) is 19.9 Å². The average Bonchev–Trinajstić information content (AvgIpc) is 2.97. The van der Waals surface area contributed by atoms with Gasteiger partial charge in [-0.05, 0) is 25.8 Å². The molecule has 1 aliphatic heterocycles. The van der Waals surface area contributed by atoms with Crippen LogP contribution < -0.4 is 15.1 Å². The molecule has 0 radical (unpaired) electrons. The minimum Gasteiger partial charge on any atom is -0.367 e. The molecular formula is C20H29N7. The fourth-order valence-electron chi connectivity index (χ4n) is 4.01. The molecule has 3 heterocycles. The molecule has 4 rings (SSSR count). The Kier molecular flexibility index (Phi) is 5.65. The maximum Gasteiger partial charge on any atom is 0.225 e. The Morgan fingerprint density at radius 1 is 0.889 bits per heavy atom. The van der Waals surface area contributed by atoms with Crippen LogP contribution in [0.3, 0.4) is 0 Å². The van der Waals surface area contributed by atoms with E-state index in [9.17, 15) is 0 Å². The van der Waals surface area contributed by atoms with Gasteiger partial charge in [0.25, 0.3) is 0 Å². The molecule has 1 saturated heterocycles. The van der Waals surface area contributed by atoms with Crippen LogP contribution in [-0.4, -0.2) is 52.2 Å². The van der Waals surface area contributed by atoms with E-state index in [4.69, 9.17) is 4.98 Å². The third-order valence-electron chi connectivity index (χ3n) is 5.47. The molecule has 7 nitrogen and oxygen atoms in total. The standard InChI is InChI=1S/C20H29N7/c1-16-23-18(25-17-7-4-2-3-5-8-17)15-19(24-16)26-11-13-27(14-12-26)20-21-9-6-10-22-20/h6,9-10,15,17H,2-5,7-8,11-14H2,1H3,(H,23,24,25). The van der Waals surface area contributed by atoms with E-state index in [0.717, 1.165) is 49.6 Å². The van der Waals surface area contributed by atoms with Crippen LogP contribution in [0.4, 0.5) is 17.6 Å². The molecule has 2 aliphatic rings. The summed E-state index contributed by atoms with van der Waals surface area (Å²) in [5.41, 5.74) is 0. The molecule has 2 aromatic rings. The van der Waals surface area contributed by atoms with Crippen LogP contribution in [0.5, 0.6) is 0 Å². The van der Waals surface area contributed by atoms with Crippen LogP contribution in [-0.2, 0) is 0 Å². The Balaban J connectivity index is 1.41. The van der Waals surface area contributed by atoms with Gasteiger partial charge < -0.3 is 15.1 Å². The fourth-order valence-corrected chi connectivity index (χ4v) is 4.01. The summed E-state index contributed by atoms with van der Waals surface area (Å²) in [6.07, 6.45) is 11.4. The lowest BCUT2D eigenvalue weighted by molar-refractivity contribution is 0.615. The SMILES string of the molecule is Cc1nc(NC2CCCCCC2)cc(N2CCN(c3ncccn3)CC2)n1. The van der Waals surface area contributed by atoms with Crippen molar-refractivity contribution in [3.8, 4) is 0 Å². The van der Waals surface area contributed by atoms with E-state index in [-0.39, 0.29) is 0 Å². The van der Waals surface area contributed by atoms with Gasteiger partial charge in [0.2, 0.25) is 5.95 Å². The van der Waals surface area contributed by atoms with Crippen molar-refractivity contribution < 1.29 is 0 Å². The normalized spacial score (nSPS) is 19.0. The molecule has 0 bridgehead atoms. The predicted molar refractivity (Wildman–Crippen MR) is 108 cm³/mol. The maximum atomic E-state index is 4.69. The lowest BCUT2D eigenvalue weighted by atomic mass is 10.1. The highest BCUT2D eigenvalue weighted by Gasteiger charge is 2.21. The van der Waals surface area contributed by atoms with E-state index in [1.807, 2.05) is 13.0 Å². The molecular weight excluding hydrogens is 338 g/mol. The summed E-state index contributed by atoms with van der Waals surface area (Å²) in [5.74, 6) is 3.63. The Morgan fingerprint density at radius 3 is 2.26 bits per heavy atom. The van der Waals surface area contributed by atoms with E-state index in [0.29, 0.717) is 6.04 Å². The molecule has 2 aromatic heterocycles. The Hall–Kier alpha value is -2.44. The molecule has 0 atom stereocenters. The summed E-state index contributed by atoms with van der Waals surface area (Å²) < 4.78 is 0. The second-order valence-electron chi connectivity index (χ2n) is 7.51. The first-order chi connectivity index (χ1) is 13.3. The number of hydrogen-bond acceptors (Lipinski definition) is 7. The zero-order valence-corrected chi connectivity index (χ0v) is 16.1. The number of piperazine rings is 1. The van der Waals surface area contributed by atoms with E-state index in [2.05, 4.69) is 36.1 Å². The molecule has 27 heavy (non-hydrogen) atoms. The van der Waals surface area contributed by atoms with Gasteiger partial charge in [0.05, 0.1) is 0 Å². The summed E-state index contributed by atoms with van der Waals surface area (Å²) in [7, 11) is 0. The molecule has 144 valence electrons. The molecule has 1 N–H and O–H groups in total. The van der Waals surface area contributed by atoms with Gasteiger partial charge in [-0.25, -0.2) is 19.9 Å². The first kappa shape index (κ1) is 17.9. The van der Waals surface area contributed by atoms with Crippen LogP contribution in [0.15, 0.2) is 24.5 Å². The van der Waals surface area contributed by atoms with Crippen LogP contribution in [0.2, 0.25) is 0 Å². The largest absolute Gasteiger partial charge is 0.367 e. The Labute approximate surface area is 161 Å². The van der Waals surface area contributed by atoms with E-state index in [1.54, 1.807) is 12.4 Å². The van der Waals surface area contributed by atoms with Gasteiger partial charge in [-0.1, -0.05) is 25.7 Å². The Bertz CT molecular complexity index is 720. The quantitative estimate of drug-likeness (QED) is 0.833. The van der Waals surface area contributed by atoms with E-state index < -0.39 is 0 Å². The summed E-state index contributed by atoms with van der Waals surface area (Å²) in [5, 5.41) is 3.67. The summed E-state index contributed by atoms with van der Waals surface area (Å²) in [6, 6.07) is 4.51. The Morgan fingerprint density at radius 2 is 1.56 bits per heavy atom. The van der Waals surface area contributed by atoms with Gasteiger partial charge in [-0.15, -0.1) is 0 Å². The molecule has 0 unspecified atom stereocenters. The fraction of sp³-hybridized carbons (Fsp3) is 0.600. The molecule has 1 saturated carbocycles. The second kappa shape index (κ2) is 8.50. The van der Waals surface area contributed by atoms with Gasteiger partial charge in [0, 0.05) is 50.7 Å². The van der Waals surface area contributed by atoms with E-state index >= 15 is 0 Å². The molecule has 0 spiro atoms. The number of aryl methyl sites for hydroxylation is 1. The zero-order valence-electron chi connectivity index (χ0n) is 16.1. The average molecular weight is 368 g/mol. The smallest absolute Gasteiger partial charge is 0.225 e. The first-order valence-corrected chi connectivity index (χ1v) is 10.2. The van der Waals surface area contributed by atoms with Gasteiger partial charge in [0.15, 0.2) is 0 Å². The van der Waals surface area contributed by atoms with Gasteiger partial charge >= 0.3 is 0 Å². The maximum absolute atomic E-state index is 4.69. The van der Waals surface area contributed by atoms with Gasteiger partial charge in [-0.3, -0.25) is 0 Å². The number of hydrogen-bond donors (Lipinski definition) is 1. The van der Waals surface area contributed by atoms with Crippen molar-refractivity contribution in [2.45, 2.75) is 51.5 Å². The van der Waals surface area contributed by atoms with Crippen molar-refractivity contribution in [2.75, 3.05) is 41.3 Å². The number of anilines is 3. The molecule has 0 amide bonds. The van der Waals surface area contributed by atoms with Crippen LogP contribution >= 0.6 is 0 Å². The van der Waals surface area contributed by atoms with Crippen molar-refractivity contribution in [3.05, 3.63) is 30.4 Å². The third-order valence-corrected chi connectivity index (χ3v) is 5.47. The van der Waals surface area contributed by atoms with Crippen molar-refractivity contribution in [2.24, 2.45) is 0 Å². The monoisotopic (exact) mass is 367 g/mol. The number of nitrogens with zero attached hydrogens (tertiary/aromatic N) is 6. The lowest BCUT2D eigenvalue weighted by Gasteiger charge is -2.35. The molecule has 7 heteroatoms. The number of nitrogens with one attached hydrogen (secondary N) is 1. The minimum absolute atomic E-state index is 0.543. The summed E-state index contributed by atoms with van der Waals surface area (Å²) in [6.45, 7) is 5.61. The van der Waals surface area contributed by atoms with Crippen LogP contribution in [0, 0.1) is 6.92 Å². The number of aromatic nitrogens is 4.